The molecule has 6 nitrogen and oxygen atoms in total. The van der Waals surface area contributed by atoms with Gasteiger partial charge in [-0.3, -0.25) is 0 Å². The van der Waals surface area contributed by atoms with Crippen molar-refractivity contribution < 1.29 is 28.8 Å². The minimum absolute atomic E-state index is 0.249. The molecule has 5 atom stereocenters. The van der Waals surface area contributed by atoms with Gasteiger partial charge in [-0.1, -0.05) is 121 Å². The van der Waals surface area contributed by atoms with Gasteiger partial charge in [0.2, 0.25) is 0 Å². The van der Waals surface area contributed by atoms with Crippen molar-refractivity contribution in [2.75, 3.05) is 6.61 Å². The summed E-state index contributed by atoms with van der Waals surface area (Å²) in [7, 11) is 0. The van der Waals surface area contributed by atoms with E-state index in [1.807, 2.05) is 121 Å². The lowest BCUT2D eigenvalue weighted by Gasteiger charge is -2.45. The molecule has 0 bridgehead atoms. The lowest BCUT2D eigenvalue weighted by Crippen LogP contribution is -2.61. The summed E-state index contributed by atoms with van der Waals surface area (Å²) in [6.45, 7) is 1.13. The Morgan fingerprint density at radius 2 is 0.800 bits per heavy atom. The molecule has 0 aromatic heterocycles. The van der Waals surface area contributed by atoms with E-state index in [1.54, 1.807) is 0 Å². The second-order valence-corrected chi connectivity index (χ2v) is 9.81. The van der Waals surface area contributed by atoms with Gasteiger partial charge in [-0.05, 0) is 22.3 Å². The lowest BCUT2D eigenvalue weighted by atomic mass is 9.97. The van der Waals surface area contributed by atoms with Crippen LogP contribution in [0.25, 0.3) is 0 Å². The Labute approximate surface area is 236 Å². The molecular weight excluding hydrogens is 504 g/mol. The van der Waals surface area contributed by atoms with E-state index >= 15 is 0 Å². The van der Waals surface area contributed by atoms with Crippen LogP contribution in [0.3, 0.4) is 0 Å². The predicted octanol–water partition coefficient (Wildman–Crippen LogP) is 5.68. The summed E-state index contributed by atoms with van der Waals surface area (Å²) in [5.74, 6) is 0. The molecule has 1 fully saturated rings. The summed E-state index contributed by atoms with van der Waals surface area (Å²) < 4.78 is 32.1. The van der Waals surface area contributed by atoms with Crippen molar-refractivity contribution >= 4 is 0 Å². The Hall–Kier alpha value is -3.36. The summed E-state index contributed by atoms with van der Waals surface area (Å²) in [5, 5.41) is 10.4. The van der Waals surface area contributed by atoms with Crippen LogP contribution in [0.1, 0.15) is 22.3 Å². The molecule has 5 rings (SSSR count). The van der Waals surface area contributed by atoms with Gasteiger partial charge in [0.05, 0.1) is 33.0 Å². The second-order valence-electron chi connectivity index (χ2n) is 9.81. The zero-order valence-corrected chi connectivity index (χ0v) is 22.5. The number of rotatable bonds is 13. The summed E-state index contributed by atoms with van der Waals surface area (Å²) >= 11 is 0. The normalized spacial score (nSPS) is 22.7. The molecule has 0 amide bonds. The number of aliphatic hydroxyl groups excluding tert-OH is 1. The topological polar surface area (TPSA) is 66.4 Å². The third kappa shape index (κ3) is 7.86. The Bertz CT molecular complexity index is 1240. The van der Waals surface area contributed by atoms with Crippen LogP contribution in [0, 0.1) is 0 Å². The number of hydrogen-bond donors (Lipinski definition) is 1. The minimum Gasteiger partial charge on any atom is -0.394 e. The van der Waals surface area contributed by atoms with Crippen LogP contribution in [-0.4, -0.2) is 42.4 Å². The summed E-state index contributed by atoms with van der Waals surface area (Å²) in [6, 6.07) is 39.8. The molecule has 1 heterocycles. The van der Waals surface area contributed by atoms with Crippen molar-refractivity contribution in [3.05, 3.63) is 144 Å². The van der Waals surface area contributed by atoms with Gasteiger partial charge in [0.15, 0.2) is 6.29 Å². The minimum atomic E-state index is -0.779. The average Bonchev–Trinajstić information content (AvgIpc) is 3.03. The maximum absolute atomic E-state index is 10.4. The first kappa shape index (κ1) is 28.2. The number of hydrogen-bond acceptors (Lipinski definition) is 6. The molecule has 0 saturated carbocycles. The van der Waals surface area contributed by atoms with E-state index in [9.17, 15) is 5.11 Å². The molecule has 4 aromatic rings. The number of benzene rings is 4. The fourth-order valence-corrected chi connectivity index (χ4v) is 4.78. The smallest absolute Gasteiger partial charge is 0.187 e. The van der Waals surface area contributed by atoms with Crippen LogP contribution in [0.5, 0.6) is 0 Å². The maximum atomic E-state index is 10.4. The van der Waals surface area contributed by atoms with E-state index in [4.69, 9.17) is 23.7 Å². The standard InChI is InChI=1S/C34H36O6/c35-21-30-31(36-22-26-13-5-1-6-14-26)32(37-23-27-15-7-2-8-16-27)33(38-24-28-17-9-3-10-18-28)34(40-30)39-25-29-19-11-4-12-20-29/h1-20,30-35H,21-25H2/t30?,31-,32?,33-,34+/m1/s1. The molecule has 6 heteroatoms. The molecule has 4 aromatic carbocycles. The first-order valence-corrected chi connectivity index (χ1v) is 13.7. The summed E-state index contributed by atoms with van der Waals surface area (Å²) in [5.41, 5.74) is 4.08. The van der Waals surface area contributed by atoms with E-state index in [0.717, 1.165) is 22.3 Å². The highest BCUT2D eigenvalue weighted by Crippen LogP contribution is 2.31. The van der Waals surface area contributed by atoms with Gasteiger partial charge < -0.3 is 28.8 Å². The van der Waals surface area contributed by atoms with Crippen LogP contribution in [0.15, 0.2) is 121 Å². The van der Waals surface area contributed by atoms with Crippen LogP contribution >= 0.6 is 0 Å². The largest absolute Gasteiger partial charge is 0.394 e. The lowest BCUT2D eigenvalue weighted by molar-refractivity contribution is -0.329. The predicted molar refractivity (Wildman–Crippen MR) is 152 cm³/mol. The molecule has 1 aliphatic rings. The van der Waals surface area contributed by atoms with Crippen molar-refractivity contribution in [3.63, 3.8) is 0 Å². The molecule has 1 saturated heterocycles. The Morgan fingerprint density at radius 3 is 1.20 bits per heavy atom. The molecular formula is C34H36O6. The molecule has 1 aliphatic heterocycles. The van der Waals surface area contributed by atoms with Gasteiger partial charge in [0, 0.05) is 0 Å². The molecule has 208 valence electrons. The quantitative estimate of drug-likeness (QED) is 0.236. The third-order valence-electron chi connectivity index (χ3n) is 6.88. The van der Waals surface area contributed by atoms with Crippen molar-refractivity contribution in [3.8, 4) is 0 Å². The fraction of sp³-hybridized carbons (Fsp3) is 0.294. The molecule has 0 spiro atoms. The molecule has 0 radical (unpaired) electrons. The van der Waals surface area contributed by atoms with Gasteiger partial charge in [-0.2, -0.15) is 0 Å². The highest BCUT2D eigenvalue weighted by molar-refractivity contribution is 5.16. The number of aliphatic hydroxyl groups is 1. The second kappa shape index (κ2) is 14.9. The average molecular weight is 541 g/mol. The first-order valence-electron chi connectivity index (χ1n) is 13.7. The van der Waals surface area contributed by atoms with E-state index in [0.29, 0.717) is 26.4 Å². The van der Waals surface area contributed by atoms with Crippen LogP contribution in [-0.2, 0) is 50.1 Å². The highest BCUT2D eigenvalue weighted by atomic mass is 16.7. The van der Waals surface area contributed by atoms with E-state index < -0.39 is 30.7 Å². The van der Waals surface area contributed by atoms with Gasteiger partial charge in [0.1, 0.15) is 24.4 Å². The van der Waals surface area contributed by atoms with Gasteiger partial charge in [-0.25, -0.2) is 0 Å². The van der Waals surface area contributed by atoms with Gasteiger partial charge in [0.25, 0.3) is 0 Å². The highest BCUT2D eigenvalue weighted by Gasteiger charge is 2.48. The Morgan fingerprint density at radius 1 is 0.450 bits per heavy atom. The molecule has 1 N–H and O–H groups in total. The van der Waals surface area contributed by atoms with Crippen LogP contribution in [0.4, 0.5) is 0 Å². The van der Waals surface area contributed by atoms with Gasteiger partial charge in [-0.15, -0.1) is 0 Å². The molecule has 40 heavy (non-hydrogen) atoms. The Balaban J connectivity index is 1.41. The van der Waals surface area contributed by atoms with E-state index in [2.05, 4.69) is 0 Å². The monoisotopic (exact) mass is 540 g/mol. The van der Waals surface area contributed by atoms with Crippen LogP contribution in [0.2, 0.25) is 0 Å². The van der Waals surface area contributed by atoms with Crippen molar-refractivity contribution in [1.82, 2.24) is 0 Å². The van der Waals surface area contributed by atoms with Gasteiger partial charge >= 0.3 is 0 Å². The summed E-state index contributed by atoms with van der Waals surface area (Å²) in [6.07, 6.45) is -3.22. The Kier molecular flexibility index (Phi) is 10.5. The first-order chi connectivity index (χ1) is 19.8. The fourth-order valence-electron chi connectivity index (χ4n) is 4.78. The molecule has 2 unspecified atom stereocenters. The number of ether oxygens (including phenoxy) is 5. The molecule has 0 aliphatic carbocycles. The van der Waals surface area contributed by atoms with E-state index in [1.165, 1.54) is 0 Å². The van der Waals surface area contributed by atoms with Crippen molar-refractivity contribution in [2.24, 2.45) is 0 Å². The van der Waals surface area contributed by atoms with Crippen LogP contribution < -0.4 is 0 Å². The maximum Gasteiger partial charge on any atom is 0.187 e. The van der Waals surface area contributed by atoms with Crippen molar-refractivity contribution in [2.45, 2.75) is 57.1 Å². The van der Waals surface area contributed by atoms with E-state index in [-0.39, 0.29) is 6.61 Å². The summed E-state index contributed by atoms with van der Waals surface area (Å²) in [4.78, 5) is 0. The zero-order valence-electron chi connectivity index (χ0n) is 22.5. The SMILES string of the molecule is OCC1O[C@H](OCc2ccccc2)[C@H](OCc2ccccc2)C(OCc2ccccc2)[C@@H]1OCc1ccccc1. The van der Waals surface area contributed by atoms with Crippen molar-refractivity contribution in [1.29, 1.82) is 0 Å². The zero-order chi connectivity index (χ0) is 27.4. The third-order valence-corrected chi connectivity index (χ3v) is 6.88.